The average molecular weight is 197 g/mol. The Labute approximate surface area is 85.0 Å². The number of ether oxygens (including phenoxy) is 1. The van der Waals surface area contributed by atoms with Crippen LogP contribution in [0.3, 0.4) is 0 Å². The molecule has 0 aromatic heterocycles. The number of carbonyl (C=O) groups is 1. The Morgan fingerprint density at radius 3 is 2.50 bits per heavy atom. The van der Waals surface area contributed by atoms with Crippen molar-refractivity contribution in [2.45, 2.75) is 39.7 Å². The van der Waals surface area contributed by atoms with Crippen molar-refractivity contribution in [3.05, 3.63) is 0 Å². The minimum absolute atomic E-state index is 0.0595. The molecule has 0 aromatic rings. The van der Waals surface area contributed by atoms with Gasteiger partial charge in [0, 0.05) is 0 Å². The van der Waals surface area contributed by atoms with Gasteiger partial charge in [-0.3, -0.25) is 0 Å². The molecule has 2 N–H and O–H groups in total. The average Bonchev–Trinajstić information content (AvgIpc) is 2.06. The lowest BCUT2D eigenvalue weighted by Gasteiger charge is -2.61. The summed E-state index contributed by atoms with van der Waals surface area (Å²) in [4.78, 5) is 10.7. The van der Waals surface area contributed by atoms with Gasteiger partial charge in [-0.1, -0.05) is 20.8 Å². The lowest BCUT2D eigenvalue weighted by atomic mass is 9.45. The van der Waals surface area contributed by atoms with Gasteiger partial charge in [0.2, 0.25) is 0 Å². The second-order valence-electron chi connectivity index (χ2n) is 5.43. The van der Waals surface area contributed by atoms with Crippen molar-refractivity contribution in [3.63, 3.8) is 0 Å². The van der Waals surface area contributed by atoms with Crippen LogP contribution < -0.4 is 5.73 Å². The molecular weight excluding hydrogens is 178 g/mol. The van der Waals surface area contributed by atoms with E-state index in [2.05, 4.69) is 20.8 Å². The van der Waals surface area contributed by atoms with Crippen LogP contribution in [-0.4, -0.2) is 12.2 Å². The molecule has 0 spiro atoms. The van der Waals surface area contributed by atoms with Gasteiger partial charge in [-0.15, -0.1) is 0 Å². The first kappa shape index (κ1) is 9.81. The summed E-state index contributed by atoms with van der Waals surface area (Å²) in [6.07, 6.45) is 1.73. The monoisotopic (exact) mass is 197 g/mol. The van der Waals surface area contributed by atoms with Crippen molar-refractivity contribution in [1.82, 2.24) is 0 Å². The van der Waals surface area contributed by atoms with Gasteiger partial charge < -0.3 is 10.5 Å². The highest BCUT2D eigenvalue weighted by Gasteiger charge is 2.57. The number of carbonyl (C=O) groups excluding carboxylic acids is 1. The van der Waals surface area contributed by atoms with E-state index in [-0.39, 0.29) is 6.10 Å². The van der Waals surface area contributed by atoms with Crippen molar-refractivity contribution in [2.24, 2.45) is 28.9 Å². The standard InChI is InChI=1S/C11H19NO2/c1-6-8-4-7(11(8,2)3)5-9(6)14-10(12)13/h6-9H,4-5H2,1-3H3,(H2,12,13)/t6-,7+,8-,9-/m0/s1. The zero-order valence-corrected chi connectivity index (χ0v) is 9.12. The first-order chi connectivity index (χ1) is 6.43. The van der Waals surface area contributed by atoms with E-state index >= 15 is 0 Å². The Hall–Kier alpha value is -0.730. The van der Waals surface area contributed by atoms with Crippen molar-refractivity contribution in [1.29, 1.82) is 0 Å². The molecule has 0 heterocycles. The summed E-state index contributed by atoms with van der Waals surface area (Å²) >= 11 is 0. The molecule has 0 aliphatic heterocycles. The van der Waals surface area contributed by atoms with E-state index in [0.29, 0.717) is 23.2 Å². The largest absolute Gasteiger partial charge is 0.446 e. The van der Waals surface area contributed by atoms with Gasteiger partial charge in [0.15, 0.2) is 0 Å². The highest BCUT2D eigenvalue weighted by atomic mass is 16.6. The molecule has 0 saturated heterocycles. The fraction of sp³-hybridized carbons (Fsp3) is 0.909. The fourth-order valence-electron chi connectivity index (χ4n) is 3.41. The SMILES string of the molecule is C[C@@H]1[C@@H](OC(N)=O)C[C@H]2C[C@@H]1C2(C)C. The molecule has 4 atom stereocenters. The van der Waals surface area contributed by atoms with Gasteiger partial charge in [-0.25, -0.2) is 4.79 Å². The molecular formula is C11H19NO2. The molecule has 80 valence electrons. The number of primary amides is 1. The molecule has 3 rings (SSSR count). The highest BCUT2D eigenvalue weighted by Crippen LogP contribution is 2.61. The maximum absolute atomic E-state index is 10.7. The van der Waals surface area contributed by atoms with Crippen molar-refractivity contribution in [3.8, 4) is 0 Å². The van der Waals surface area contributed by atoms with E-state index < -0.39 is 6.09 Å². The minimum atomic E-state index is -0.624. The van der Waals surface area contributed by atoms with E-state index in [1.807, 2.05) is 0 Å². The van der Waals surface area contributed by atoms with Crippen LogP contribution in [0.1, 0.15) is 33.6 Å². The second kappa shape index (κ2) is 2.88. The molecule has 3 aliphatic carbocycles. The van der Waals surface area contributed by atoms with E-state index in [1.54, 1.807) is 0 Å². The number of rotatable bonds is 1. The normalized spacial score (nSPS) is 43.9. The molecule has 2 bridgehead atoms. The number of nitrogens with two attached hydrogens (primary N) is 1. The van der Waals surface area contributed by atoms with E-state index in [9.17, 15) is 4.79 Å². The fourth-order valence-corrected chi connectivity index (χ4v) is 3.41. The lowest BCUT2D eigenvalue weighted by molar-refractivity contribution is -0.154. The van der Waals surface area contributed by atoms with Crippen LogP contribution in [0, 0.1) is 23.2 Å². The van der Waals surface area contributed by atoms with Gasteiger partial charge in [-0.05, 0) is 36.0 Å². The van der Waals surface area contributed by atoms with E-state index in [4.69, 9.17) is 10.5 Å². The van der Waals surface area contributed by atoms with Crippen LogP contribution in [0.5, 0.6) is 0 Å². The summed E-state index contributed by atoms with van der Waals surface area (Å²) in [5.41, 5.74) is 5.49. The van der Waals surface area contributed by atoms with Crippen LogP contribution in [0.2, 0.25) is 0 Å². The summed E-state index contributed by atoms with van der Waals surface area (Å²) in [5.74, 6) is 1.88. The number of amides is 1. The zero-order chi connectivity index (χ0) is 10.5. The third kappa shape index (κ3) is 1.22. The molecule has 0 aromatic carbocycles. The highest BCUT2D eigenvalue weighted by molar-refractivity contribution is 5.64. The van der Waals surface area contributed by atoms with Gasteiger partial charge in [0.05, 0.1) is 0 Å². The third-order valence-corrected chi connectivity index (χ3v) is 4.55. The quantitative estimate of drug-likeness (QED) is 0.700. The molecule has 3 aliphatic rings. The molecule has 0 radical (unpaired) electrons. The summed E-state index contributed by atoms with van der Waals surface area (Å²) in [6.45, 7) is 6.82. The smallest absolute Gasteiger partial charge is 0.404 e. The summed E-state index contributed by atoms with van der Waals surface area (Å²) in [7, 11) is 0. The molecule has 14 heavy (non-hydrogen) atoms. The number of hydrogen-bond acceptors (Lipinski definition) is 2. The van der Waals surface area contributed by atoms with Crippen molar-refractivity contribution >= 4 is 6.09 Å². The molecule has 3 nitrogen and oxygen atoms in total. The Kier molecular flexibility index (Phi) is 2.02. The van der Waals surface area contributed by atoms with Crippen LogP contribution in [0.4, 0.5) is 4.79 Å². The molecule has 1 amide bonds. The zero-order valence-electron chi connectivity index (χ0n) is 9.12. The van der Waals surface area contributed by atoms with Gasteiger partial charge >= 0.3 is 6.09 Å². The molecule has 3 heteroatoms. The number of hydrogen-bond donors (Lipinski definition) is 1. The van der Waals surface area contributed by atoms with Crippen LogP contribution in [-0.2, 0) is 4.74 Å². The molecule has 3 saturated carbocycles. The number of fused-ring (bicyclic) bond motifs is 2. The summed E-state index contributed by atoms with van der Waals surface area (Å²) in [5, 5.41) is 0. The third-order valence-electron chi connectivity index (χ3n) is 4.55. The molecule has 0 unspecified atom stereocenters. The maximum Gasteiger partial charge on any atom is 0.404 e. The maximum atomic E-state index is 10.7. The Bertz CT molecular complexity index is 262. The predicted octanol–water partition coefficient (Wildman–Crippen LogP) is 2.15. The van der Waals surface area contributed by atoms with Crippen LogP contribution in [0.25, 0.3) is 0 Å². The first-order valence-corrected chi connectivity index (χ1v) is 5.39. The Balaban J connectivity index is 2.04. The van der Waals surface area contributed by atoms with Gasteiger partial charge in [-0.2, -0.15) is 0 Å². The Morgan fingerprint density at radius 2 is 2.07 bits per heavy atom. The van der Waals surface area contributed by atoms with Crippen molar-refractivity contribution in [2.75, 3.05) is 0 Å². The van der Waals surface area contributed by atoms with Gasteiger partial charge in [0.25, 0.3) is 0 Å². The topological polar surface area (TPSA) is 52.3 Å². The summed E-state index contributed by atoms with van der Waals surface area (Å²) < 4.78 is 5.14. The summed E-state index contributed by atoms with van der Waals surface area (Å²) in [6, 6.07) is 0. The molecule has 3 fully saturated rings. The van der Waals surface area contributed by atoms with Gasteiger partial charge in [0.1, 0.15) is 6.10 Å². The first-order valence-electron chi connectivity index (χ1n) is 5.39. The second-order valence-corrected chi connectivity index (χ2v) is 5.43. The van der Waals surface area contributed by atoms with Crippen LogP contribution >= 0.6 is 0 Å². The van der Waals surface area contributed by atoms with Crippen molar-refractivity contribution < 1.29 is 9.53 Å². The van der Waals surface area contributed by atoms with E-state index in [0.717, 1.165) is 6.42 Å². The lowest BCUT2D eigenvalue weighted by Crippen LogP contribution is -2.57. The predicted molar refractivity (Wildman–Crippen MR) is 53.6 cm³/mol. The Morgan fingerprint density at radius 1 is 1.43 bits per heavy atom. The van der Waals surface area contributed by atoms with E-state index in [1.165, 1.54) is 6.42 Å². The van der Waals surface area contributed by atoms with Crippen LogP contribution in [0.15, 0.2) is 0 Å². The minimum Gasteiger partial charge on any atom is -0.446 e.